The van der Waals surface area contributed by atoms with Crippen molar-refractivity contribution in [2.75, 3.05) is 37.0 Å². The summed E-state index contributed by atoms with van der Waals surface area (Å²) in [6.07, 6.45) is 5.89. The lowest BCUT2D eigenvalue weighted by atomic mass is 10.1. The number of amides is 1. The number of aromatic nitrogens is 4. The summed E-state index contributed by atoms with van der Waals surface area (Å²) in [5.74, 6) is 0.498. The van der Waals surface area contributed by atoms with Crippen LogP contribution in [-0.2, 0) is 29.6 Å². The Labute approximate surface area is 415 Å². The van der Waals surface area contributed by atoms with Crippen LogP contribution in [0.1, 0.15) is 65.5 Å². The van der Waals surface area contributed by atoms with Crippen LogP contribution in [0.25, 0.3) is 0 Å². The van der Waals surface area contributed by atoms with Crippen LogP contribution >= 0.6 is 39.1 Å². The van der Waals surface area contributed by atoms with Gasteiger partial charge in [0.2, 0.25) is 5.78 Å². The molecule has 2 aromatic carbocycles. The molecule has 22 heteroatoms. The monoisotopic (exact) mass is 1070 g/mol. The maximum atomic E-state index is 13.0. The third-order valence-corrected chi connectivity index (χ3v) is 13.1. The molecule has 68 heavy (non-hydrogen) atoms. The van der Waals surface area contributed by atoms with Crippen molar-refractivity contribution in [3.8, 4) is 11.5 Å². The van der Waals surface area contributed by atoms with Crippen molar-refractivity contribution in [1.29, 1.82) is 0 Å². The molecule has 0 aliphatic rings. The lowest BCUT2D eigenvalue weighted by Crippen LogP contribution is -2.33. The summed E-state index contributed by atoms with van der Waals surface area (Å²) in [6.45, 7) is 10.8. The number of pyridine rings is 4. The first-order valence-electron chi connectivity index (χ1n) is 20.3. The Balaban J connectivity index is 0.000000239. The highest BCUT2D eigenvalue weighted by molar-refractivity contribution is 9.10. The number of methoxy groups -OCH3 is 1. The van der Waals surface area contributed by atoms with Crippen molar-refractivity contribution in [2.45, 2.75) is 63.5 Å². The number of carbonyl (C=O) groups excluding carboxylic acids is 2. The van der Waals surface area contributed by atoms with E-state index in [1.54, 1.807) is 81.8 Å². The maximum absolute atomic E-state index is 13.0. The molecule has 4 heterocycles. The molecular formula is C46H50BrCl2N7O10S2. The summed E-state index contributed by atoms with van der Waals surface area (Å²) in [6, 6.07) is 21.7. The Kier molecular flexibility index (Phi) is 20.2. The first-order chi connectivity index (χ1) is 32.1. The minimum atomic E-state index is -4.00. The van der Waals surface area contributed by atoms with E-state index in [0.29, 0.717) is 43.6 Å². The van der Waals surface area contributed by atoms with Crippen molar-refractivity contribution in [2.24, 2.45) is 0 Å². The Morgan fingerprint density at radius 3 is 1.72 bits per heavy atom. The number of hydroxylamine groups is 2. The van der Waals surface area contributed by atoms with Gasteiger partial charge in [-0.3, -0.25) is 29.1 Å². The summed E-state index contributed by atoms with van der Waals surface area (Å²) in [4.78, 5) is 45.6. The molecule has 0 aliphatic heterocycles. The van der Waals surface area contributed by atoms with Crippen molar-refractivity contribution in [3.63, 3.8) is 0 Å². The van der Waals surface area contributed by atoms with Gasteiger partial charge in [0.05, 0.1) is 61.8 Å². The van der Waals surface area contributed by atoms with Gasteiger partial charge in [-0.15, -0.1) is 0 Å². The number of nitrogens with zero attached hydrogens (tertiary/aromatic N) is 6. The number of nitrogens with one attached hydrogen (secondary N) is 1. The third-order valence-electron chi connectivity index (χ3n) is 8.95. The number of hydrogen-bond donors (Lipinski definition) is 1. The largest absolute Gasteiger partial charge is 0.491 e. The zero-order valence-electron chi connectivity index (χ0n) is 38.5. The van der Waals surface area contributed by atoms with E-state index < -0.39 is 25.8 Å². The van der Waals surface area contributed by atoms with Crippen LogP contribution in [0.2, 0.25) is 10.0 Å². The van der Waals surface area contributed by atoms with Gasteiger partial charge in [0, 0.05) is 50.2 Å². The second kappa shape index (κ2) is 25.0. The van der Waals surface area contributed by atoms with Crippen molar-refractivity contribution >= 4 is 82.2 Å². The minimum absolute atomic E-state index is 0.000868. The number of halogens is 3. The molecule has 0 unspecified atom stereocenters. The Morgan fingerprint density at radius 2 is 1.22 bits per heavy atom. The smallest absolute Gasteiger partial charge is 0.278 e. The number of anilines is 2. The molecule has 0 aliphatic carbocycles. The number of ether oxygens (including phenoxy) is 3. The molecule has 0 radical (unpaired) electrons. The van der Waals surface area contributed by atoms with Crippen LogP contribution in [-0.4, -0.2) is 93.7 Å². The molecule has 6 rings (SSSR count). The molecule has 0 saturated heterocycles. The zero-order valence-corrected chi connectivity index (χ0v) is 43.2. The van der Waals surface area contributed by atoms with Crippen LogP contribution in [0.3, 0.4) is 0 Å². The lowest BCUT2D eigenvalue weighted by molar-refractivity contribution is -0.0757. The van der Waals surface area contributed by atoms with E-state index in [-0.39, 0.29) is 56.7 Å². The maximum Gasteiger partial charge on any atom is 0.278 e. The first-order valence-corrected chi connectivity index (χ1v) is 24.8. The Morgan fingerprint density at radius 1 is 0.721 bits per heavy atom. The van der Waals surface area contributed by atoms with Crippen LogP contribution in [0.5, 0.6) is 11.5 Å². The number of rotatable bonds is 16. The highest BCUT2D eigenvalue weighted by Gasteiger charge is 2.28. The average molecular weight is 1080 g/mol. The minimum Gasteiger partial charge on any atom is -0.491 e. The fourth-order valence-corrected chi connectivity index (χ4v) is 9.04. The number of sulfonamides is 2. The molecule has 0 bridgehead atoms. The van der Waals surface area contributed by atoms with Crippen LogP contribution in [0.4, 0.5) is 11.4 Å². The van der Waals surface area contributed by atoms with Crippen LogP contribution in [0, 0.1) is 13.8 Å². The SMILES string of the molecule is COCN(c1cc(Cl)cnc1Br)S(=O)(=O)c1ccc(OC(C)C)cc1.CON(C)C(=O)c1cccnc1C.Cc1ncccc1C(=O)c1ncc(Cl)cc1NS(=O)(=O)c1ccc(OC(C)C)cc1. The van der Waals surface area contributed by atoms with Gasteiger partial charge in [-0.25, -0.2) is 36.2 Å². The molecule has 0 atom stereocenters. The fraction of sp³-hybridized carbons (Fsp3) is 0.261. The highest BCUT2D eigenvalue weighted by Crippen LogP contribution is 2.32. The van der Waals surface area contributed by atoms with Gasteiger partial charge in [-0.1, -0.05) is 23.2 Å². The van der Waals surface area contributed by atoms with E-state index in [0.717, 1.165) is 4.31 Å². The summed E-state index contributed by atoms with van der Waals surface area (Å²) in [5, 5.41) is 1.67. The Bertz CT molecular complexity index is 2900. The number of carbonyl (C=O) groups is 2. The molecule has 0 saturated carbocycles. The molecule has 0 fully saturated rings. The molecule has 1 amide bonds. The van der Waals surface area contributed by atoms with Crippen molar-refractivity contribution in [1.82, 2.24) is 25.0 Å². The fourth-order valence-electron chi connectivity index (χ4n) is 5.75. The van der Waals surface area contributed by atoms with E-state index >= 15 is 0 Å². The number of hydrogen-bond acceptors (Lipinski definition) is 14. The molecule has 0 spiro atoms. The van der Waals surface area contributed by atoms with E-state index in [9.17, 15) is 26.4 Å². The van der Waals surface area contributed by atoms with Gasteiger partial charge in [-0.2, -0.15) is 0 Å². The summed E-state index contributed by atoms with van der Waals surface area (Å²) in [5.41, 5.74) is 2.30. The zero-order chi connectivity index (χ0) is 50.3. The summed E-state index contributed by atoms with van der Waals surface area (Å²) < 4.78 is 71.8. The van der Waals surface area contributed by atoms with Gasteiger partial charge in [0.1, 0.15) is 28.5 Å². The topological polar surface area (TPSA) is 209 Å². The van der Waals surface area contributed by atoms with Crippen LogP contribution in [0.15, 0.2) is 124 Å². The molecule has 6 aromatic rings. The summed E-state index contributed by atoms with van der Waals surface area (Å²) in [7, 11) is -3.45. The summed E-state index contributed by atoms with van der Waals surface area (Å²) >= 11 is 15.2. The van der Waals surface area contributed by atoms with E-state index in [1.165, 1.54) is 68.1 Å². The highest BCUT2D eigenvalue weighted by atomic mass is 79.9. The van der Waals surface area contributed by atoms with Gasteiger partial charge in [-0.05, 0) is 142 Å². The van der Waals surface area contributed by atoms with Crippen molar-refractivity contribution in [3.05, 3.63) is 153 Å². The van der Waals surface area contributed by atoms with E-state index in [4.69, 9.17) is 42.3 Å². The van der Waals surface area contributed by atoms with E-state index in [2.05, 4.69) is 40.6 Å². The molecule has 362 valence electrons. The quantitative estimate of drug-likeness (QED) is 0.0415. The third kappa shape index (κ3) is 15.1. The van der Waals surface area contributed by atoms with Gasteiger partial charge < -0.3 is 14.2 Å². The molecular weight excluding hydrogens is 1030 g/mol. The second-order valence-corrected chi connectivity index (χ2v) is 19.9. The van der Waals surface area contributed by atoms with Gasteiger partial charge in [0.25, 0.3) is 26.0 Å². The number of aryl methyl sites for hydroxylation is 2. The predicted molar refractivity (Wildman–Crippen MR) is 263 cm³/mol. The molecule has 1 N–H and O–H groups in total. The second-order valence-electron chi connectivity index (χ2n) is 14.8. The standard InChI is InChI=1S/C21H20ClN3O4S.C16H18BrClN2O4S.C9H12N2O2/c1-13(2)29-16-6-8-17(9-7-16)30(27,28)25-19-11-15(22)12-24-20(19)21(26)18-5-4-10-23-14(18)3;1-11(2)24-13-4-6-14(7-5-13)25(21,22)20(10-23-3)15-8-12(18)9-19-16(15)17;1-7-8(5-4-6-10-7)9(12)11(2)13-3/h4-13,25H,1-3H3;4-9,11H,10H2,1-3H3;4-6H,1-3H3. The average Bonchev–Trinajstić information content (AvgIpc) is 3.29. The normalized spacial score (nSPS) is 11.1. The van der Waals surface area contributed by atoms with Gasteiger partial charge >= 0.3 is 0 Å². The Hall–Kier alpha value is -5.74. The predicted octanol–water partition coefficient (Wildman–Crippen LogP) is 9.36. The van der Waals surface area contributed by atoms with Crippen molar-refractivity contribution < 1.29 is 45.5 Å². The first kappa shape index (κ1) is 54.9. The number of ketones is 1. The molecule has 17 nitrogen and oxygen atoms in total. The van der Waals surface area contributed by atoms with Crippen LogP contribution < -0.4 is 18.5 Å². The van der Waals surface area contributed by atoms with Gasteiger partial charge in [0.15, 0.2) is 0 Å². The molecule has 4 aromatic heterocycles. The number of benzene rings is 2. The lowest BCUT2D eigenvalue weighted by Gasteiger charge is -2.24. The van der Waals surface area contributed by atoms with E-state index in [1.807, 2.05) is 27.7 Å².